The standard InChI is InChI=1S/C7H14N2O/c10-7(4-8-5-7)6-2-1-3-9-6/h6,8-10H,1-5H2/t6-/m0/s1. The number of rotatable bonds is 1. The fraction of sp³-hybridized carbons (Fsp3) is 1.00. The van der Waals surface area contributed by atoms with E-state index in [0.29, 0.717) is 6.04 Å². The second-order valence-corrected chi connectivity index (χ2v) is 3.36. The third kappa shape index (κ3) is 0.856. The molecule has 0 unspecified atom stereocenters. The largest absolute Gasteiger partial charge is 0.386 e. The van der Waals surface area contributed by atoms with Crippen LogP contribution in [-0.2, 0) is 0 Å². The number of aliphatic hydroxyl groups is 1. The first-order valence-corrected chi connectivity index (χ1v) is 3.98. The van der Waals surface area contributed by atoms with Crippen molar-refractivity contribution < 1.29 is 5.11 Å². The molecule has 2 heterocycles. The highest BCUT2D eigenvalue weighted by Gasteiger charge is 2.43. The summed E-state index contributed by atoms with van der Waals surface area (Å²) in [5, 5.41) is 16.2. The fourth-order valence-electron chi connectivity index (χ4n) is 1.77. The van der Waals surface area contributed by atoms with Crippen LogP contribution in [0.5, 0.6) is 0 Å². The van der Waals surface area contributed by atoms with Gasteiger partial charge in [0, 0.05) is 19.1 Å². The minimum atomic E-state index is -0.420. The molecule has 0 spiro atoms. The van der Waals surface area contributed by atoms with E-state index in [1.165, 1.54) is 6.42 Å². The minimum absolute atomic E-state index is 0.355. The Morgan fingerprint density at radius 1 is 1.40 bits per heavy atom. The first-order chi connectivity index (χ1) is 4.81. The van der Waals surface area contributed by atoms with Crippen LogP contribution in [0, 0.1) is 0 Å². The Balaban J connectivity index is 1.96. The number of β-amino-alcohol motifs (C(OH)–C–C–N with tert-alkyl or cyclic N) is 1. The average Bonchev–Trinajstić information content (AvgIpc) is 2.33. The predicted molar refractivity (Wildman–Crippen MR) is 38.8 cm³/mol. The molecule has 58 valence electrons. The zero-order valence-electron chi connectivity index (χ0n) is 6.06. The van der Waals surface area contributed by atoms with Crippen molar-refractivity contribution in [3.05, 3.63) is 0 Å². The van der Waals surface area contributed by atoms with Crippen LogP contribution in [-0.4, -0.2) is 36.4 Å². The first kappa shape index (κ1) is 6.58. The molecular weight excluding hydrogens is 128 g/mol. The summed E-state index contributed by atoms with van der Waals surface area (Å²) in [6, 6.07) is 0.355. The lowest BCUT2D eigenvalue weighted by Gasteiger charge is -2.42. The molecule has 0 aromatic heterocycles. The molecule has 0 aromatic rings. The molecule has 2 rings (SSSR count). The lowest BCUT2D eigenvalue weighted by molar-refractivity contribution is -0.0377. The average molecular weight is 142 g/mol. The third-order valence-electron chi connectivity index (χ3n) is 2.57. The van der Waals surface area contributed by atoms with Crippen molar-refractivity contribution in [3.63, 3.8) is 0 Å². The van der Waals surface area contributed by atoms with Crippen molar-refractivity contribution in [2.24, 2.45) is 0 Å². The topological polar surface area (TPSA) is 44.3 Å². The van der Waals surface area contributed by atoms with Gasteiger partial charge in [0.15, 0.2) is 0 Å². The van der Waals surface area contributed by atoms with Gasteiger partial charge in [0.25, 0.3) is 0 Å². The Morgan fingerprint density at radius 2 is 2.20 bits per heavy atom. The van der Waals surface area contributed by atoms with Gasteiger partial charge >= 0.3 is 0 Å². The maximum atomic E-state index is 9.78. The monoisotopic (exact) mass is 142 g/mol. The van der Waals surface area contributed by atoms with Gasteiger partial charge in [0.05, 0.1) is 0 Å². The molecule has 2 aliphatic rings. The molecule has 2 fully saturated rings. The molecule has 0 radical (unpaired) electrons. The molecule has 0 aliphatic carbocycles. The van der Waals surface area contributed by atoms with Crippen LogP contribution in [0.15, 0.2) is 0 Å². The van der Waals surface area contributed by atoms with Gasteiger partial charge in [0.2, 0.25) is 0 Å². The van der Waals surface area contributed by atoms with Crippen LogP contribution in [0.25, 0.3) is 0 Å². The van der Waals surface area contributed by atoms with E-state index in [9.17, 15) is 5.11 Å². The Labute approximate surface area is 60.8 Å². The highest BCUT2D eigenvalue weighted by atomic mass is 16.3. The van der Waals surface area contributed by atoms with Gasteiger partial charge in [-0.05, 0) is 19.4 Å². The van der Waals surface area contributed by atoms with E-state index in [0.717, 1.165) is 26.1 Å². The van der Waals surface area contributed by atoms with Crippen molar-refractivity contribution in [1.82, 2.24) is 10.6 Å². The number of hydrogen-bond donors (Lipinski definition) is 3. The molecule has 1 atom stereocenters. The van der Waals surface area contributed by atoms with E-state index in [4.69, 9.17) is 0 Å². The Kier molecular flexibility index (Phi) is 1.44. The minimum Gasteiger partial charge on any atom is -0.386 e. The van der Waals surface area contributed by atoms with Gasteiger partial charge in [-0.15, -0.1) is 0 Å². The molecule has 3 N–H and O–H groups in total. The van der Waals surface area contributed by atoms with Gasteiger partial charge in [-0.2, -0.15) is 0 Å². The maximum Gasteiger partial charge on any atom is 0.105 e. The lowest BCUT2D eigenvalue weighted by atomic mass is 9.87. The Morgan fingerprint density at radius 3 is 2.60 bits per heavy atom. The van der Waals surface area contributed by atoms with Crippen LogP contribution in [0.1, 0.15) is 12.8 Å². The van der Waals surface area contributed by atoms with Crippen LogP contribution in [0.3, 0.4) is 0 Å². The zero-order chi connectivity index (χ0) is 7.03. The quantitative estimate of drug-likeness (QED) is 0.443. The van der Waals surface area contributed by atoms with Gasteiger partial charge in [-0.1, -0.05) is 0 Å². The Hall–Kier alpha value is -0.120. The third-order valence-corrected chi connectivity index (χ3v) is 2.57. The molecule has 0 amide bonds. The van der Waals surface area contributed by atoms with Crippen LogP contribution in [0.2, 0.25) is 0 Å². The van der Waals surface area contributed by atoms with Gasteiger partial charge < -0.3 is 15.7 Å². The number of hydrogen-bond acceptors (Lipinski definition) is 3. The van der Waals surface area contributed by atoms with Crippen molar-refractivity contribution >= 4 is 0 Å². The second-order valence-electron chi connectivity index (χ2n) is 3.36. The highest BCUT2D eigenvalue weighted by Crippen LogP contribution is 2.22. The molecule has 0 saturated carbocycles. The molecule has 10 heavy (non-hydrogen) atoms. The van der Waals surface area contributed by atoms with Crippen LogP contribution >= 0.6 is 0 Å². The van der Waals surface area contributed by atoms with Crippen molar-refractivity contribution in [3.8, 4) is 0 Å². The van der Waals surface area contributed by atoms with Crippen molar-refractivity contribution in [2.45, 2.75) is 24.5 Å². The predicted octanol–water partition coefficient (Wildman–Crippen LogP) is -0.927. The second kappa shape index (κ2) is 2.19. The summed E-state index contributed by atoms with van der Waals surface area (Å²) in [6.07, 6.45) is 2.35. The summed E-state index contributed by atoms with van der Waals surface area (Å²) >= 11 is 0. The summed E-state index contributed by atoms with van der Waals surface area (Å²) in [5.41, 5.74) is -0.420. The van der Waals surface area contributed by atoms with Crippen LogP contribution in [0.4, 0.5) is 0 Å². The molecule has 2 saturated heterocycles. The SMILES string of the molecule is OC1([C@@H]2CCCN2)CNC1. The highest BCUT2D eigenvalue weighted by molar-refractivity contribution is 5.03. The maximum absolute atomic E-state index is 9.78. The molecular formula is C7H14N2O. The zero-order valence-corrected chi connectivity index (χ0v) is 6.06. The van der Waals surface area contributed by atoms with Crippen molar-refractivity contribution in [1.29, 1.82) is 0 Å². The molecule has 2 aliphatic heterocycles. The Bertz CT molecular complexity index is 128. The van der Waals surface area contributed by atoms with E-state index in [-0.39, 0.29) is 0 Å². The molecule has 3 heteroatoms. The van der Waals surface area contributed by atoms with E-state index in [1.807, 2.05) is 0 Å². The fourth-order valence-corrected chi connectivity index (χ4v) is 1.77. The normalized spacial score (nSPS) is 37.5. The summed E-state index contributed by atoms with van der Waals surface area (Å²) in [6.45, 7) is 2.61. The molecule has 3 nitrogen and oxygen atoms in total. The first-order valence-electron chi connectivity index (χ1n) is 3.98. The van der Waals surface area contributed by atoms with E-state index < -0.39 is 5.60 Å². The van der Waals surface area contributed by atoms with E-state index in [1.54, 1.807) is 0 Å². The smallest absolute Gasteiger partial charge is 0.105 e. The molecule has 0 aromatic carbocycles. The van der Waals surface area contributed by atoms with Gasteiger partial charge in [-0.3, -0.25) is 0 Å². The summed E-state index contributed by atoms with van der Waals surface area (Å²) in [5.74, 6) is 0. The summed E-state index contributed by atoms with van der Waals surface area (Å²) < 4.78 is 0. The molecule has 0 bridgehead atoms. The number of nitrogens with one attached hydrogen (secondary N) is 2. The van der Waals surface area contributed by atoms with Crippen LogP contribution < -0.4 is 10.6 Å². The summed E-state index contributed by atoms with van der Waals surface area (Å²) in [4.78, 5) is 0. The van der Waals surface area contributed by atoms with E-state index in [2.05, 4.69) is 10.6 Å². The van der Waals surface area contributed by atoms with Gasteiger partial charge in [0.1, 0.15) is 5.60 Å². The van der Waals surface area contributed by atoms with Gasteiger partial charge in [-0.25, -0.2) is 0 Å². The summed E-state index contributed by atoms with van der Waals surface area (Å²) in [7, 11) is 0. The van der Waals surface area contributed by atoms with Crippen molar-refractivity contribution in [2.75, 3.05) is 19.6 Å². The lowest BCUT2D eigenvalue weighted by Crippen LogP contribution is -2.68. The van der Waals surface area contributed by atoms with E-state index >= 15 is 0 Å².